The van der Waals surface area contributed by atoms with Crippen LogP contribution in [-0.4, -0.2) is 34.1 Å². The third-order valence-electron chi connectivity index (χ3n) is 4.29. The van der Waals surface area contributed by atoms with Crippen LogP contribution < -0.4 is 0 Å². The van der Waals surface area contributed by atoms with Crippen LogP contribution in [-0.2, 0) is 4.74 Å². The van der Waals surface area contributed by atoms with Gasteiger partial charge in [0.25, 0.3) is 0 Å². The number of hydrogen-bond donors (Lipinski definition) is 0. The Kier molecular flexibility index (Phi) is 4.08. The summed E-state index contributed by atoms with van der Waals surface area (Å²) >= 11 is 0. The molecule has 2 heterocycles. The molecule has 3 aromatic rings. The van der Waals surface area contributed by atoms with Crippen molar-refractivity contribution < 1.29 is 19.1 Å². The first-order chi connectivity index (χ1) is 13.1. The number of pyridine rings is 2. The van der Waals surface area contributed by atoms with Crippen molar-refractivity contribution in [2.75, 3.05) is 6.61 Å². The summed E-state index contributed by atoms with van der Waals surface area (Å²) < 4.78 is 5.03. The molecule has 0 atom stereocenters. The average Bonchev–Trinajstić information content (AvgIpc) is 2.72. The van der Waals surface area contributed by atoms with Crippen molar-refractivity contribution in [1.82, 2.24) is 9.97 Å². The number of carbonyl (C=O) groups excluding carboxylic acids is 3. The quantitative estimate of drug-likeness (QED) is 0.523. The summed E-state index contributed by atoms with van der Waals surface area (Å²) in [5, 5.41) is 0. The second-order valence-corrected chi connectivity index (χ2v) is 5.92. The zero-order valence-electron chi connectivity index (χ0n) is 14.4. The van der Waals surface area contributed by atoms with E-state index in [4.69, 9.17) is 4.74 Å². The lowest BCUT2D eigenvalue weighted by molar-refractivity contribution is 0.0519. The maximum Gasteiger partial charge on any atom is 0.356 e. The van der Waals surface area contributed by atoms with Crippen LogP contribution in [0.25, 0.3) is 11.3 Å². The Morgan fingerprint density at radius 1 is 0.963 bits per heavy atom. The molecule has 4 rings (SSSR count). The zero-order chi connectivity index (χ0) is 19.0. The molecule has 27 heavy (non-hydrogen) atoms. The maximum absolute atomic E-state index is 13.1. The number of rotatable bonds is 3. The highest BCUT2D eigenvalue weighted by molar-refractivity contribution is 6.29. The monoisotopic (exact) mass is 358 g/mol. The molecule has 0 fully saturated rings. The predicted octanol–water partition coefficient (Wildman–Crippen LogP) is 3.10. The van der Waals surface area contributed by atoms with E-state index in [9.17, 15) is 14.4 Å². The second kappa shape index (κ2) is 6.57. The van der Waals surface area contributed by atoms with Gasteiger partial charge in [0.1, 0.15) is 11.4 Å². The smallest absolute Gasteiger partial charge is 0.356 e. The molecule has 0 bridgehead atoms. The second-order valence-electron chi connectivity index (χ2n) is 5.92. The van der Waals surface area contributed by atoms with Crippen molar-refractivity contribution in [2.24, 2.45) is 0 Å². The van der Waals surface area contributed by atoms with Gasteiger partial charge in [-0.1, -0.05) is 30.3 Å². The summed E-state index contributed by atoms with van der Waals surface area (Å²) in [6, 6.07) is 13.4. The third kappa shape index (κ3) is 2.71. The van der Waals surface area contributed by atoms with E-state index in [1.165, 1.54) is 12.3 Å². The summed E-state index contributed by atoms with van der Waals surface area (Å²) in [7, 11) is 0. The topological polar surface area (TPSA) is 86.2 Å². The molecule has 1 aliphatic carbocycles. The number of carbonyl (C=O) groups is 3. The highest BCUT2D eigenvalue weighted by Gasteiger charge is 2.35. The van der Waals surface area contributed by atoms with Gasteiger partial charge in [0.2, 0.25) is 5.78 Å². The van der Waals surface area contributed by atoms with Gasteiger partial charge in [0.05, 0.1) is 23.4 Å². The first-order valence-electron chi connectivity index (χ1n) is 8.43. The van der Waals surface area contributed by atoms with Crippen LogP contribution in [0.1, 0.15) is 49.4 Å². The highest BCUT2D eigenvalue weighted by Crippen LogP contribution is 2.33. The summed E-state index contributed by atoms with van der Waals surface area (Å²) in [6.07, 6.45) is 1.47. The number of ether oxygens (including phenoxy) is 1. The van der Waals surface area contributed by atoms with Crippen LogP contribution in [0.5, 0.6) is 0 Å². The van der Waals surface area contributed by atoms with Gasteiger partial charge in [0.15, 0.2) is 5.78 Å². The molecule has 0 saturated carbocycles. The zero-order valence-corrected chi connectivity index (χ0v) is 14.4. The minimum Gasteiger partial charge on any atom is -0.461 e. The molecule has 6 heteroatoms. The molecule has 2 aromatic heterocycles. The Morgan fingerprint density at radius 2 is 1.74 bits per heavy atom. The standard InChI is InChI=1S/C21H14N2O4/c1-2-27-21(26)15-11-14-16(17(23-15)12-7-4-3-5-8-12)20(25)18-13(19(14)24)9-6-10-22-18/h3-11H,2H2,1H3. The predicted molar refractivity (Wildman–Crippen MR) is 96.7 cm³/mol. The fourth-order valence-corrected chi connectivity index (χ4v) is 3.10. The molecule has 0 amide bonds. The minimum absolute atomic E-state index is 0.0112. The Labute approximate surface area is 154 Å². The summed E-state index contributed by atoms with van der Waals surface area (Å²) in [6.45, 7) is 1.86. The molecule has 1 aliphatic rings. The number of nitrogens with zero attached hydrogens (tertiary/aromatic N) is 2. The van der Waals surface area contributed by atoms with E-state index < -0.39 is 5.97 Å². The summed E-state index contributed by atoms with van der Waals surface area (Å²) in [4.78, 5) is 46.8. The molecule has 132 valence electrons. The van der Waals surface area contributed by atoms with Gasteiger partial charge in [-0.15, -0.1) is 0 Å². The first-order valence-corrected chi connectivity index (χ1v) is 8.43. The van der Waals surface area contributed by atoms with Crippen molar-refractivity contribution >= 4 is 17.5 Å². The first kappa shape index (κ1) is 16.8. The van der Waals surface area contributed by atoms with Crippen molar-refractivity contribution in [3.8, 4) is 11.3 Å². The van der Waals surface area contributed by atoms with E-state index >= 15 is 0 Å². The lowest BCUT2D eigenvalue weighted by Crippen LogP contribution is -2.25. The lowest BCUT2D eigenvalue weighted by Gasteiger charge is -2.19. The number of benzene rings is 1. The fraction of sp³-hybridized carbons (Fsp3) is 0.0952. The number of esters is 1. The Balaban J connectivity index is 2.02. The summed E-state index contributed by atoms with van der Waals surface area (Å²) in [5.74, 6) is -1.39. The van der Waals surface area contributed by atoms with Crippen LogP contribution in [0.2, 0.25) is 0 Å². The van der Waals surface area contributed by atoms with E-state index in [0.717, 1.165) is 0 Å². The summed E-state index contributed by atoms with van der Waals surface area (Å²) in [5.41, 5.74) is 1.49. The molecule has 0 N–H and O–H groups in total. The van der Waals surface area contributed by atoms with Crippen LogP contribution in [0.3, 0.4) is 0 Å². The van der Waals surface area contributed by atoms with Gasteiger partial charge in [-0.2, -0.15) is 0 Å². The molecule has 0 saturated heterocycles. The normalized spacial score (nSPS) is 12.3. The van der Waals surface area contributed by atoms with Crippen LogP contribution in [0, 0.1) is 0 Å². The van der Waals surface area contributed by atoms with E-state index in [1.807, 2.05) is 6.07 Å². The van der Waals surface area contributed by atoms with Crippen LogP contribution in [0.15, 0.2) is 54.7 Å². The Bertz CT molecular complexity index is 1090. The Hall–Kier alpha value is -3.67. The molecular weight excluding hydrogens is 344 g/mol. The Morgan fingerprint density at radius 3 is 2.48 bits per heavy atom. The molecule has 0 unspecified atom stereocenters. The van der Waals surface area contributed by atoms with E-state index in [1.54, 1.807) is 43.3 Å². The number of aromatic nitrogens is 2. The van der Waals surface area contributed by atoms with Gasteiger partial charge < -0.3 is 4.74 Å². The minimum atomic E-state index is -0.644. The van der Waals surface area contributed by atoms with Crippen LogP contribution in [0.4, 0.5) is 0 Å². The van der Waals surface area contributed by atoms with Crippen LogP contribution >= 0.6 is 0 Å². The van der Waals surface area contributed by atoms with Gasteiger partial charge in [-0.25, -0.2) is 9.78 Å². The third-order valence-corrected chi connectivity index (χ3v) is 4.29. The van der Waals surface area contributed by atoms with Gasteiger partial charge in [0, 0.05) is 17.3 Å². The molecule has 1 aromatic carbocycles. The molecular formula is C21H14N2O4. The molecule has 0 aliphatic heterocycles. The number of fused-ring (bicyclic) bond motifs is 2. The number of hydrogen-bond acceptors (Lipinski definition) is 6. The van der Waals surface area contributed by atoms with E-state index in [2.05, 4.69) is 9.97 Å². The largest absolute Gasteiger partial charge is 0.461 e. The van der Waals surface area contributed by atoms with E-state index in [0.29, 0.717) is 5.56 Å². The van der Waals surface area contributed by atoms with Gasteiger partial charge in [-0.3, -0.25) is 14.6 Å². The SMILES string of the molecule is CCOC(=O)c1cc2c(c(-c3ccccc3)n1)C(=O)c1ncccc1C2=O. The van der Waals surface area contributed by atoms with Crippen molar-refractivity contribution in [3.05, 3.63) is 82.8 Å². The van der Waals surface area contributed by atoms with E-state index in [-0.39, 0.29) is 51.9 Å². The van der Waals surface area contributed by atoms with Crippen molar-refractivity contribution in [2.45, 2.75) is 6.92 Å². The molecule has 0 spiro atoms. The van der Waals surface area contributed by atoms with Crippen molar-refractivity contribution in [1.29, 1.82) is 0 Å². The average molecular weight is 358 g/mol. The fourth-order valence-electron chi connectivity index (χ4n) is 3.10. The maximum atomic E-state index is 13.1. The highest BCUT2D eigenvalue weighted by atomic mass is 16.5. The molecule has 0 radical (unpaired) electrons. The lowest BCUT2D eigenvalue weighted by atomic mass is 9.84. The van der Waals surface area contributed by atoms with Crippen molar-refractivity contribution in [3.63, 3.8) is 0 Å². The molecule has 6 nitrogen and oxygen atoms in total. The van der Waals surface area contributed by atoms with Gasteiger partial charge in [-0.05, 0) is 25.1 Å². The van der Waals surface area contributed by atoms with Gasteiger partial charge >= 0.3 is 5.97 Å². The number of ketones is 2.